The van der Waals surface area contributed by atoms with Gasteiger partial charge < -0.3 is 4.74 Å². The Bertz CT molecular complexity index is 108. The van der Waals surface area contributed by atoms with Crippen LogP contribution in [0.5, 0.6) is 0 Å². The van der Waals surface area contributed by atoms with Crippen molar-refractivity contribution >= 4 is 0 Å². The average molecular weight is 186 g/mol. The molecule has 80 valence electrons. The maximum Gasteiger partial charge on any atom is 0.0488 e. The summed E-state index contributed by atoms with van der Waals surface area (Å²) in [4.78, 5) is 0. The predicted molar refractivity (Wildman–Crippen MR) is 58.9 cm³/mol. The first-order valence-electron chi connectivity index (χ1n) is 5.61. The SMILES string of the molecule is CC(C)COCCC[C@@H](C)C(C)C. The van der Waals surface area contributed by atoms with Crippen LogP contribution in [-0.2, 0) is 4.74 Å². The van der Waals surface area contributed by atoms with E-state index in [0.717, 1.165) is 25.0 Å². The van der Waals surface area contributed by atoms with Crippen LogP contribution >= 0.6 is 0 Å². The molecule has 13 heavy (non-hydrogen) atoms. The maximum absolute atomic E-state index is 5.53. The van der Waals surface area contributed by atoms with Gasteiger partial charge in [0.05, 0.1) is 0 Å². The van der Waals surface area contributed by atoms with E-state index in [4.69, 9.17) is 4.74 Å². The highest BCUT2D eigenvalue weighted by Gasteiger charge is 2.05. The Labute approximate surface area is 83.9 Å². The third-order valence-corrected chi connectivity index (χ3v) is 2.54. The van der Waals surface area contributed by atoms with Gasteiger partial charge in [0.1, 0.15) is 0 Å². The second-order valence-corrected chi connectivity index (χ2v) is 4.83. The van der Waals surface area contributed by atoms with Gasteiger partial charge in [0.25, 0.3) is 0 Å². The van der Waals surface area contributed by atoms with Crippen molar-refractivity contribution < 1.29 is 4.74 Å². The molecule has 0 bridgehead atoms. The number of hydrogen-bond donors (Lipinski definition) is 0. The summed E-state index contributed by atoms with van der Waals surface area (Å²) >= 11 is 0. The molecule has 0 aromatic heterocycles. The van der Waals surface area contributed by atoms with Crippen molar-refractivity contribution in [2.24, 2.45) is 17.8 Å². The molecular weight excluding hydrogens is 160 g/mol. The van der Waals surface area contributed by atoms with Gasteiger partial charge in [-0.25, -0.2) is 0 Å². The summed E-state index contributed by atoms with van der Waals surface area (Å²) in [5.41, 5.74) is 0. The van der Waals surface area contributed by atoms with E-state index in [9.17, 15) is 0 Å². The van der Waals surface area contributed by atoms with Crippen LogP contribution < -0.4 is 0 Å². The Balaban J connectivity index is 3.16. The summed E-state index contributed by atoms with van der Waals surface area (Å²) in [6.07, 6.45) is 2.52. The molecule has 0 aromatic carbocycles. The summed E-state index contributed by atoms with van der Waals surface area (Å²) < 4.78 is 5.53. The molecule has 0 spiro atoms. The second kappa shape index (κ2) is 7.37. The Morgan fingerprint density at radius 2 is 1.62 bits per heavy atom. The fourth-order valence-corrected chi connectivity index (χ4v) is 1.16. The number of hydrogen-bond acceptors (Lipinski definition) is 1. The molecule has 0 aliphatic carbocycles. The first kappa shape index (κ1) is 13.0. The first-order chi connectivity index (χ1) is 6.04. The minimum atomic E-state index is 0.669. The van der Waals surface area contributed by atoms with E-state index in [1.54, 1.807) is 0 Å². The molecule has 0 unspecified atom stereocenters. The van der Waals surface area contributed by atoms with Crippen molar-refractivity contribution in [3.8, 4) is 0 Å². The third kappa shape index (κ3) is 8.29. The van der Waals surface area contributed by atoms with Crippen molar-refractivity contribution in [2.45, 2.75) is 47.5 Å². The lowest BCUT2D eigenvalue weighted by molar-refractivity contribution is 0.103. The lowest BCUT2D eigenvalue weighted by atomic mass is 9.93. The molecule has 0 saturated heterocycles. The van der Waals surface area contributed by atoms with Gasteiger partial charge in [-0.3, -0.25) is 0 Å². The van der Waals surface area contributed by atoms with Crippen LogP contribution in [0.1, 0.15) is 47.5 Å². The van der Waals surface area contributed by atoms with Crippen LogP contribution in [0.2, 0.25) is 0 Å². The van der Waals surface area contributed by atoms with E-state index in [1.807, 2.05) is 0 Å². The van der Waals surface area contributed by atoms with E-state index in [1.165, 1.54) is 12.8 Å². The van der Waals surface area contributed by atoms with E-state index in [-0.39, 0.29) is 0 Å². The highest BCUT2D eigenvalue weighted by Crippen LogP contribution is 2.15. The molecule has 0 rings (SSSR count). The molecule has 0 radical (unpaired) electrons. The number of ether oxygens (including phenoxy) is 1. The summed E-state index contributed by atoms with van der Waals surface area (Å²) in [7, 11) is 0. The highest BCUT2D eigenvalue weighted by atomic mass is 16.5. The monoisotopic (exact) mass is 186 g/mol. The zero-order chi connectivity index (χ0) is 10.3. The molecule has 1 heteroatoms. The Kier molecular flexibility index (Phi) is 7.35. The standard InChI is InChI=1S/C12H26O/c1-10(2)9-13-8-6-7-12(5)11(3)4/h10-12H,6-9H2,1-5H3/t12-/m1/s1. The van der Waals surface area contributed by atoms with Crippen molar-refractivity contribution in [1.29, 1.82) is 0 Å². The molecule has 0 amide bonds. The van der Waals surface area contributed by atoms with Gasteiger partial charge in [0.2, 0.25) is 0 Å². The van der Waals surface area contributed by atoms with Crippen molar-refractivity contribution in [1.82, 2.24) is 0 Å². The van der Waals surface area contributed by atoms with Crippen molar-refractivity contribution in [3.63, 3.8) is 0 Å². The predicted octanol–water partition coefficient (Wildman–Crippen LogP) is 3.73. The molecule has 0 fully saturated rings. The first-order valence-corrected chi connectivity index (χ1v) is 5.61. The van der Waals surface area contributed by atoms with Crippen LogP contribution in [0.15, 0.2) is 0 Å². The minimum absolute atomic E-state index is 0.669. The van der Waals surface area contributed by atoms with Crippen LogP contribution in [-0.4, -0.2) is 13.2 Å². The minimum Gasteiger partial charge on any atom is -0.381 e. The van der Waals surface area contributed by atoms with Crippen LogP contribution in [0.3, 0.4) is 0 Å². The molecule has 0 aliphatic heterocycles. The fraction of sp³-hybridized carbons (Fsp3) is 1.00. The fourth-order valence-electron chi connectivity index (χ4n) is 1.16. The molecule has 0 aromatic rings. The zero-order valence-corrected chi connectivity index (χ0v) is 9.97. The lowest BCUT2D eigenvalue weighted by Crippen LogP contribution is -2.07. The summed E-state index contributed by atoms with van der Waals surface area (Å²) in [6.45, 7) is 13.1. The van der Waals surface area contributed by atoms with E-state index in [2.05, 4.69) is 34.6 Å². The topological polar surface area (TPSA) is 9.23 Å². The van der Waals surface area contributed by atoms with Gasteiger partial charge in [0.15, 0.2) is 0 Å². The molecule has 1 atom stereocenters. The second-order valence-electron chi connectivity index (χ2n) is 4.83. The highest BCUT2D eigenvalue weighted by molar-refractivity contribution is 4.56. The van der Waals surface area contributed by atoms with Crippen LogP contribution in [0, 0.1) is 17.8 Å². The quantitative estimate of drug-likeness (QED) is 0.550. The van der Waals surface area contributed by atoms with Gasteiger partial charge in [-0.2, -0.15) is 0 Å². The largest absolute Gasteiger partial charge is 0.381 e. The van der Waals surface area contributed by atoms with Crippen LogP contribution in [0.25, 0.3) is 0 Å². The van der Waals surface area contributed by atoms with Gasteiger partial charge in [0, 0.05) is 13.2 Å². The molecule has 1 nitrogen and oxygen atoms in total. The van der Waals surface area contributed by atoms with Crippen molar-refractivity contribution in [3.05, 3.63) is 0 Å². The molecule has 0 heterocycles. The normalized spacial score (nSPS) is 14.1. The summed E-state index contributed by atoms with van der Waals surface area (Å²) in [5.74, 6) is 2.32. The van der Waals surface area contributed by atoms with Gasteiger partial charge in [-0.05, 0) is 30.6 Å². The van der Waals surface area contributed by atoms with E-state index >= 15 is 0 Å². The lowest BCUT2D eigenvalue weighted by Gasteiger charge is -2.15. The maximum atomic E-state index is 5.53. The molecule has 0 aliphatic rings. The third-order valence-electron chi connectivity index (χ3n) is 2.54. The van der Waals surface area contributed by atoms with Crippen LogP contribution in [0.4, 0.5) is 0 Å². The summed E-state index contributed by atoms with van der Waals surface area (Å²) in [5, 5.41) is 0. The average Bonchev–Trinajstić information content (AvgIpc) is 2.02. The smallest absolute Gasteiger partial charge is 0.0488 e. The number of rotatable bonds is 7. The Hall–Kier alpha value is -0.0400. The molecular formula is C12H26O. The zero-order valence-electron chi connectivity index (χ0n) is 9.97. The molecule has 0 saturated carbocycles. The van der Waals surface area contributed by atoms with E-state index in [0.29, 0.717) is 5.92 Å². The van der Waals surface area contributed by atoms with Gasteiger partial charge in [-0.1, -0.05) is 34.6 Å². The van der Waals surface area contributed by atoms with Crippen molar-refractivity contribution in [2.75, 3.05) is 13.2 Å². The Morgan fingerprint density at radius 1 is 1.00 bits per heavy atom. The Morgan fingerprint density at radius 3 is 2.08 bits per heavy atom. The van der Waals surface area contributed by atoms with Gasteiger partial charge in [-0.15, -0.1) is 0 Å². The molecule has 0 N–H and O–H groups in total. The van der Waals surface area contributed by atoms with Gasteiger partial charge >= 0.3 is 0 Å². The summed E-state index contributed by atoms with van der Waals surface area (Å²) in [6, 6.07) is 0. The van der Waals surface area contributed by atoms with E-state index < -0.39 is 0 Å².